The van der Waals surface area contributed by atoms with Gasteiger partial charge in [0.05, 0.1) is 6.61 Å². The van der Waals surface area contributed by atoms with Crippen LogP contribution in [0.1, 0.15) is 77.2 Å². The van der Waals surface area contributed by atoms with Gasteiger partial charge in [0.1, 0.15) is 0 Å². The van der Waals surface area contributed by atoms with E-state index in [0.717, 1.165) is 30.6 Å². The highest BCUT2D eigenvalue weighted by molar-refractivity contribution is 5.31. The zero-order chi connectivity index (χ0) is 19.9. The molecule has 3 heteroatoms. The molecule has 0 N–H and O–H groups in total. The van der Waals surface area contributed by atoms with Gasteiger partial charge < -0.3 is 4.74 Å². The summed E-state index contributed by atoms with van der Waals surface area (Å²) in [6.45, 7) is 4.73. The SMILES string of the molecule is C/C=C/CCc1ccc(OCC2CCC3CC(CCC)CCC3C2)c(F)c1F. The van der Waals surface area contributed by atoms with Crippen LogP contribution in [0.3, 0.4) is 0 Å². The Hall–Kier alpha value is -1.38. The van der Waals surface area contributed by atoms with Gasteiger partial charge in [-0.2, -0.15) is 4.39 Å². The van der Waals surface area contributed by atoms with Crippen LogP contribution in [0.4, 0.5) is 8.78 Å². The monoisotopic (exact) mass is 390 g/mol. The van der Waals surface area contributed by atoms with Crippen molar-refractivity contribution in [2.45, 2.75) is 78.1 Å². The molecule has 0 saturated heterocycles. The third-order valence-electron chi connectivity index (χ3n) is 6.94. The second-order valence-corrected chi connectivity index (χ2v) is 8.94. The van der Waals surface area contributed by atoms with Crippen molar-refractivity contribution >= 4 is 0 Å². The predicted molar refractivity (Wildman–Crippen MR) is 112 cm³/mol. The van der Waals surface area contributed by atoms with Crippen LogP contribution in [0, 0.1) is 35.3 Å². The largest absolute Gasteiger partial charge is 0.490 e. The Balaban J connectivity index is 1.50. The van der Waals surface area contributed by atoms with E-state index < -0.39 is 11.6 Å². The van der Waals surface area contributed by atoms with Gasteiger partial charge in [-0.15, -0.1) is 0 Å². The maximum Gasteiger partial charge on any atom is 0.200 e. The van der Waals surface area contributed by atoms with E-state index in [1.54, 1.807) is 12.1 Å². The number of rotatable bonds is 8. The van der Waals surface area contributed by atoms with Crippen LogP contribution >= 0.6 is 0 Å². The Bertz CT molecular complexity index is 654. The number of ether oxygens (including phenoxy) is 1. The van der Waals surface area contributed by atoms with E-state index in [0.29, 0.717) is 24.5 Å². The van der Waals surface area contributed by atoms with Gasteiger partial charge in [-0.05, 0) is 87.2 Å². The second kappa shape index (κ2) is 10.4. The number of hydrogen-bond acceptors (Lipinski definition) is 1. The van der Waals surface area contributed by atoms with Gasteiger partial charge in [-0.1, -0.05) is 44.4 Å². The Morgan fingerprint density at radius 1 is 1.00 bits per heavy atom. The first kappa shape index (κ1) is 21.3. The molecule has 4 atom stereocenters. The average molecular weight is 391 g/mol. The maximum atomic E-state index is 14.4. The molecular weight excluding hydrogens is 354 g/mol. The molecule has 0 bridgehead atoms. The zero-order valence-electron chi connectivity index (χ0n) is 17.6. The van der Waals surface area contributed by atoms with E-state index >= 15 is 0 Å². The topological polar surface area (TPSA) is 9.23 Å². The number of fused-ring (bicyclic) bond motifs is 1. The number of aryl methyl sites for hydroxylation is 1. The van der Waals surface area contributed by atoms with Crippen molar-refractivity contribution in [2.24, 2.45) is 23.7 Å². The quantitative estimate of drug-likeness (QED) is 0.418. The van der Waals surface area contributed by atoms with Crippen molar-refractivity contribution in [2.75, 3.05) is 6.61 Å². The molecule has 0 radical (unpaired) electrons. The summed E-state index contributed by atoms with van der Waals surface area (Å²) >= 11 is 0. The first-order valence-corrected chi connectivity index (χ1v) is 11.3. The zero-order valence-corrected chi connectivity index (χ0v) is 17.6. The van der Waals surface area contributed by atoms with Crippen molar-refractivity contribution in [1.82, 2.24) is 0 Å². The molecule has 0 aromatic heterocycles. The number of hydrogen-bond donors (Lipinski definition) is 0. The maximum absolute atomic E-state index is 14.4. The third-order valence-corrected chi connectivity index (χ3v) is 6.94. The van der Waals surface area contributed by atoms with Crippen molar-refractivity contribution in [1.29, 1.82) is 0 Å². The lowest BCUT2D eigenvalue weighted by Gasteiger charge is -2.42. The molecule has 2 aliphatic rings. The first-order valence-electron chi connectivity index (χ1n) is 11.3. The molecule has 3 rings (SSSR count). The number of allylic oxidation sites excluding steroid dienone is 2. The molecule has 4 unspecified atom stereocenters. The molecule has 0 amide bonds. The summed E-state index contributed by atoms with van der Waals surface area (Å²) in [5, 5.41) is 0. The fourth-order valence-corrected chi connectivity index (χ4v) is 5.39. The van der Waals surface area contributed by atoms with E-state index in [2.05, 4.69) is 6.92 Å². The lowest BCUT2D eigenvalue weighted by molar-refractivity contribution is 0.0739. The molecule has 1 aromatic carbocycles. The van der Waals surface area contributed by atoms with Crippen molar-refractivity contribution < 1.29 is 13.5 Å². The summed E-state index contributed by atoms with van der Waals surface area (Å²) in [6, 6.07) is 3.27. The third kappa shape index (κ3) is 5.36. The molecule has 2 fully saturated rings. The van der Waals surface area contributed by atoms with E-state index in [-0.39, 0.29) is 5.75 Å². The molecule has 0 aliphatic heterocycles. The minimum atomic E-state index is -0.827. The van der Waals surface area contributed by atoms with E-state index in [1.165, 1.54) is 44.9 Å². The van der Waals surface area contributed by atoms with Crippen LogP contribution in [0.5, 0.6) is 5.75 Å². The van der Waals surface area contributed by atoms with Gasteiger partial charge in [0, 0.05) is 0 Å². The summed E-state index contributed by atoms with van der Waals surface area (Å²) in [7, 11) is 0. The minimum Gasteiger partial charge on any atom is -0.490 e. The summed E-state index contributed by atoms with van der Waals surface area (Å²) in [6.07, 6.45) is 15.5. The van der Waals surface area contributed by atoms with Crippen molar-refractivity contribution in [3.63, 3.8) is 0 Å². The Morgan fingerprint density at radius 3 is 2.43 bits per heavy atom. The highest BCUT2D eigenvalue weighted by Crippen LogP contribution is 2.45. The number of halogens is 2. The molecule has 1 nitrogen and oxygen atoms in total. The summed E-state index contributed by atoms with van der Waals surface area (Å²) < 4.78 is 34.4. The van der Waals surface area contributed by atoms with Gasteiger partial charge in [-0.3, -0.25) is 0 Å². The predicted octanol–water partition coefficient (Wildman–Crippen LogP) is 7.49. The molecule has 0 heterocycles. The van der Waals surface area contributed by atoms with Gasteiger partial charge in [0.15, 0.2) is 11.6 Å². The average Bonchev–Trinajstić information content (AvgIpc) is 2.71. The summed E-state index contributed by atoms with van der Waals surface area (Å²) in [5.41, 5.74) is 0.423. The Kier molecular flexibility index (Phi) is 7.93. The highest BCUT2D eigenvalue weighted by atomic mass is 19.2. The lowest BCUT2D eigenvalue weighted by atomic mass is 9.64. The van der Waals surface area contributed by atoms with Gasteiger partial charge >= 0.3 is 0 Å². The lowest BCUT2D eigenvalue weighted by Crippen LogP contribution is -2.33. The molecule has 28 heavy (non-hydrogen) atoms. The summed E-state index contributed by atoms with van der Waals surface area (Å²) in [5.74, 6) is 1.59. The van der Waals surface area contributed by atoms with Crippen LogP contribution in [0.25, 0.3) is 0 Å². The highest BCUT2D eigenvalue weighted by Gasteiger charge is 2.35. The molecule has 2 saturated carbocycles. The van der Waals surface area contributed by atoms with Crippen LogP contribution in [-0.4, -0.2) is 6.61 Å². The standard InChI is InChI=1S/C25H36F2O/c1-3-5-6-8-20-13-14-23(25(27)24(20)26)28-17-19-10-12-21-15-18(7-4-2)9-11-22(21)16-19/h3,5,13-14,18-19,21-22H,4,6-12,15-17H2,1-2H3/b5-3+. The van der Waals surface area contributed by atoms with Crippen molar-refractivity contribution in [3.05, 3.63) is 41.5 Å². The van der Waals surface area contributed by atoms with E-state index in [1.807, 2.05) is 19.1 Å². The van der Waals surface area contributed by atoms with Gasteiger partial charge in [0.2, 0.25) is 5.82 Å². The normalized spacial score (nSPS) is 27.7. The van der Waals surface area contributed by atoms with Crippen molar-refractivity contribution in [3.8, 4) is 5.75 Å². The Labute approximate surface area is 169 Å². The number of benzene rings is 1. The van der Waals surface area contributed by atoms with E-state index in [4.69, 9.17) is 4.74 Å². The Morgan fingerprint density at radius 2 is 1.71 bits per heavy atom. The van der Waals surface area contributed by atoms with Gasteiger partial charge in [-0.25, -0.2) is 4.39 Å². The van der Waals surface area contributed by atoms with E-state index in [9.17, 15) is 8.78 Å². The molecule has 0 spiro atoms. The van der Waals surface area contributed by atoms with Crippen LogP contribution < -0.4 is 4.74 Å². The fraction of sp³-hybridized carbons (Fsp3) is 0.680. The van der Waals surface area contributed by atoms with Crippen LogP contribution in [0.2, 0.25) is 0 Å². The molecular formula is C25H36F2O. The molecule has 156 valence electrons. The molecule has 1 aromatic rings. The fourth-order valence-electron chi connectivity index (χ4n) is 5.39. The van der Waals surface area contributed by atoms with Crippen LogP contribution in [0.15, 0.2) is 24.3 Å². The van der Waals surface area contributed by atoms with Crippen LogP contribution in [-0.2, 0) is 6.42 Å². The molecule has 2 aliphatic carbocycles. The minimum absolute atomic E-state index is 0.0704. The first-order chi connectivity index (χ1) is 13.6. The van der Waals surface area contributed by atoms with Gasteiger partial charge in [0.25, 0.3) is 0 Å². The summed E-state index contributed by atoms with van der Waals surface area (Å²) in [4.78, 5) is 0. The smallest absolute Gasteiger partial charge is 0.200 e. The second-order valence-electron chi connectivity index (χ2n) is 8.94.